The van der Waals surface area contributed by atoms with Gasteiger partial charge in [-0.2, -0.15) is 0 Å². The maximum atomic E-state index is 8.50. The average Bonchev–Trinajstić information content (AvgIpc) is 1.96. The van der Waals surface area contributed by atoms with Crippen LogP contribution in [0.1, 0.15) is 0 Å². The third-order valence-corrected chi connectivity index (χ3v) is 0.667. The number of hydrogen-bond acceptors (Lipinski definition) is 1. The van der Waals surface area contributed by atoms with Crippen molar-refractivity contribution in [2.45, 2.75) is 0 Å². The van der Waals surface area contributed by atoms with Crippen LogP contribution in [0.5, 0.6) is 0 Å². The fraction of sp³-hybridized carbons (Fsp3) is 0. The first-order valence-corrected chi connectivity index (χ1v) is 2.17. The predicted molar refractivity (Wildman–Crippen MR) is 29.8 cm³/mol. The molecule has 0 aliphatic carbocycles. The van der Waals surface area contributed by atoms with Gasteiger partial charge in [0.05, 0.1) is 0 Å². The molecule has 44 valence electrons. The first-order valence-electron chi connectivity index (χ1n) is 2.17. The molecule has 1 nitrogen and oxygen atoms in total. The lowest BCUT2D eigenvalue weighted by molar-refractivity contribution is -0.0441. The zero-order valence-electron chi connectivity index (χ0n) is 4.29. The molecule has 0 saturated heterocycles. The normalized spacial score (nSPS) is 6.75. The molecule has 0 amide bonds. The smallest absolute Gasteiger partial charge is 0.0519 e. The fourth-order valence-corrected chi connectivity index (χ4v) is 0.385. The molecule has 0 aliphatic heterocycles. The maximum absolute atomic E-state index is 8.50. The van der Waals surface area contributed by atoms with Crippen molar-refractivity contribution in [2.24, 2.45) is 0 Å². The van der Waals surface area contributed by atoms with Crippen molar-refractivity contribution in [3.63, 3.8) is 0 Å². The highest BCUT2D eigenvalue weighted by Gasteiger charge is 1.57. The topological polar surface area (TPSA) is 20.2 Å². The summed E-state index contributed by atoms with van der Waals surface area (Å²) in [5, 5.41) is 5.50. The van der Waals surface area contributed by atoms with E-state index in [4.69, 9.17) is 9.84 Å². The third kappa shape index (κ3) is 3.31. The Morgan fingerprint density at radius 2 is 0.750 bits per heavy atom. The van der Waals surface area contributed by atoms with Crippen molar-refractivity contribution in [2.75, 3.05) is 0 Å². The van der Waals surface area contributed by atoms with Crippen molar-refractivity contribution in [3.05, 3.63) is 36.4 Å². The van der Waals surface area contributed by atoms with Gasteiger partial charge in [0, 0.05) is 0 Å². The molecule has 1 aromatic carbocycles. The minimum atomic E-state index is 2.00. The number of halogens is 1. The van der Waals surface area contributed by atoms with E-state index in [9.17, 15) is 0 Å². The van der Waals surface area contributed by atoms with Gasteiger partial charge in [0.25, 0.3) is 0 Å². The van der Waals surface area contributed by atoms with Crippen LogP contribution >= 0.6 is 0 Å². The van der Waals surface area contributed by atoms with Crippen LogP contribution in [0, 0.1) is 0 Å². The minimum absolute atomic E-state index is 2.00. The summed E-state index contributed by atoms with van der Waals surface area (Å²) >= 11 is 0. The summed E-state index contributed by atoms with van der Waals surface area (Å²) in [7, 11) is 0. The molecule has 0 radical (unpaired) electrons. The van der Waals surface area contributed by atoms with Gasteiger partial charge in [0.2, 0.25) is 0 Å². The van der Waals surface area contributed by atoms with E-state index in [-0.39, 0.29) is 0 Å². The monoisotopic (exact) mass is 114 g/mol. The Balaban J connectivity index is 0.000000222. The van der Waals surface area contributed by atoms with Crippen LogP contribution in [-0.4, -0.2) is 5.31 Å². The average molecular weight is 114 g/mol. The van der Waals surface area contributed by atoms with Gasteiger partial charge in [-0.05, 0) is 0 Å². The molecule has 0 unspecified atom stereocenters. The van der Waals surface area contributed by atoms with E-state index < -0.39 is 0 Å². The van der Waals surface area contributed by atoms with Crippen LogP contribution < -0.4 is 0 Å². The SMILES string of the molecule is OF.c1ccccc1. The Hall–Kier alpha value is -0.890. The summed E-state index contributed by atoms with van der Waals surface area (Å²) in [6.07, 6.45) is 0. The van der Waals surface area contributed by atoms with E-state index in [2.05, 4.69) is 0 Å². The van der Waals surface area contributed by atoms with E-state index in [1.807, 2.05) is 36.4 Å². The first kappa shape index (κ1) is 7.11. The molecule has 1 aromatic rings. The Labute approximate surface area is 47.3 Å². The molecule has 0 aliphatic rings. The summed E-state index contributed by atoms with van der Waals surface area (Å²) < 4.78 is 8.50. The second-order valence-corrected chi connectivity index (χ2v) is 1.15. The van der Waals surface area contributed by atoms with Gasteiger partial charge < -0.3 is 0 Å². The first-order chi connectivity index (χ1) is 4.00. The van der Waals surface area contributed by atoms with E-state index in [1.165, 1.54) is 0 Å². The van der Waals surface area contributed by atoms with Gasteiger partial charge in [-0.15, -0.1) is 0 Å². The molecule has 0 atom stereocenters. The van der Waals surface area contributed by atoms with Crippen LogP contribution in [0.25, 0.3) is 0 Å². The minimum Gasteiger partial charge on any atom is -0.209 e. The predicted octanol–water partition coefficient (Wildman–Crippen LogP) is 1.55. The lowest BCUT2D eigenvalue weighted by Crippen LogP contribution is -1.47. The second kappa shape index (κ2) is 6.11. The highest BCUT2D eigenvalue weighted by Crippen LogP contribution is 1.79. The number of rotatable bonds is 0. The fourth-order valence-electron chi connectivity index (χ4n) is 0.385. The van der Waals surface area contributed by atoms with Crippen molar-refractivity contribution < 1.29 is 9.84 Å². The van der Waals surface area contributed by atoms with Crippen LogP contribution in [0.4, 0.5) is 4.53 Å². The van der Waals surface area contributed by atoms with E-state index >= 15 is 0 Å². The quantitative estimate of drug-likeness (QED) is 0.542. The summed E-state index contributed by atoms with van der Waals surface area (Å²) in [6, 6.07) is 12.0. The molecule has 0 aromatic heterocycles. The van der Waals surface area contributed by atoms with E-state index in [0.717, 1.165) is 0 Å². The van der Waals surface area contributed by atoms with Crippen LogP contribution in [0.3, 0.4) is 0 Å². The number of benzene rings is 1. The van der Waals surface area contributed by atoms with E-state index in [0.29, 0.717) is 0 Å². The van der Waals surface area contributed by atoms with Gasteiger partial charge in [-0.25, -0.2) is 5.31 Å². The van der Waals surface area contributed by atoms with Crippen LogP contribution in [-0.2, 0) is 0 Å². The molecular formula is C6H7FO. The summed E-state index contributed by atoms with van der Waals surface area (Å²) in [5.74, 6) is 0. The van der Waals surface area contributed by atoms with Crippen molar-refractivity contribution in [1.82, 2.24) is 0 Å². The molecule has 2 heteroatoms. The lowest BCUT2D eigenvalue weighted by atomic mass is 10.4. The molecular weight excluding hydrogens is 107 g/mol. The van der Waals surface area contributed by atoms with Gasteiger partial charge in [0.1, 0.15) is 0 Å². The van der Waals surface area contributed by atoms with Gasteiger partial charge in [0.15, 0.2) is 0 Å². The van der Waals surface area contributed by atoms with Crippen molar-refractivity contribution in [1.29, 1.82) is 0 Å². The molecule has 0 fully saturated rings. The van der Waals surface area contributed by atoms with Gasteiger partial charge >= 0.3 is 0 Å². The summed E-state index contributed by atoms with van der Waals surface area (Å²) in [6.45, 7) is 0. The van der Waals surface area contributed by atoms with Crippen LogP contribution in [0.15, 0.2) is 36.4 Å². The van der Waals surface area contributed by atoms with Crippen molar-refractivity contribution in [3.8, 4) is 0 Å². The third-order valence-electron chi connectivity index (χ3n) is 0.667. The van der Waals surface area contributed by atoms with Gasteiger partial charge in [-0.3, -0.25) is 0 Å². The standard InChI is InChI=1S/C6H6.FHO/c1-2-4-6-5-3-1;1-2/h1-6H;2H. The highest BCUT2D eigenvalue weighted by atomic mass is 19.3. The summed E-state index contributed by atoms with van der Waals surface area (Å²) in [4.78, 5) is 0. The Kier molecular flexibility index (Phi) is 5.43. The Morgan fingerprint density at radius 1 is 0.625 bits per heavy atom. The molecule has 0 bridgehead atoms. The largest absolute Gasteiger partial charge is 0.209 e. The zero-order valence-corrected chi connectivity index (χ0v) is 4.29. The molecule has 0 spiro atoms. The molecule has 8 heavy (non-hydrogen) atoms. The van der Waals surface area contributed by atoms with Crippen molar-refractivity contribution >= 4 is 0 Å². The zero-order chi connectivity index (χ0) is 6.24. The second-order valence-electron chi connectivity index (χ2n) is 1.15. The molecule has 1 rings (SSSR count). The van der Waals surface area contributed by atoms with E-state index in [1.54, 1.807) is 0 Å². The molecule has 0 heterocycles. The lowest BCUT2D eigenvalue weighted by Gasteiger charge is -1.69. The number of hydrogen-bond donors (Lipinski definition) is 1. The molecule has 1 N–H and O–H groups in total. The van der Waals surface area contributed by atoms with Gasteiger partial charge in [-0.1, -0.05) is 40.9 Å². The Bertz CT molecular complexity index is 80.5. The van der Waals surface area contributed by atoms with Crippen LogP contribution in [0.2, 0.25) is 0 Å². The highest BCUT2D eigenvalue weighted by molar-refractivity contribution is 4.99. The summed E-state index contributed by atoms with van der Waals surface area (Å²) in [5.41, 5.74) is 0. The maximum Gasteiger partial charge on any atom is -0.0519 e. The molecule has 0 saturated carbocycles. The Morgan fingerprint density at radius 3 is 0.875 bits per heavy atom.